The van der Waals surface area contributed by atoms with Gasteiger partial charge in [-0.2, -0.15) is 0 Å². The van der Waals surface area contributed by atoms with Crippen molar-refractivity contribution in [2.45, 2.75) is 38.1 Å². The van der Waals surface area contributed by atoms with E-state index in [2.05, 4.69) is 10.3 Å². The van der Waals surface area contributed by atoms with E-state index in [0.29, 0.717) is 16.8 Å². The molecule has 144 valence electrons. The molecule has 7 nitrogen and oxygen atoms in total. The Labute approximate surface area is 161 Å². The Bertz CT molecular complexity index is 1180. The number of esters is 1. The lowest BCUT2D eigenvalue weighted by molar-refractivity contribution is -0.146. The van der Waals surface area contributed by atoms with Gasteiger partial charge >= 0.3 is 5.97 Å². The molecule has 0 bridgehead atoms. The van der Waals surface area contributed by atoms with Crippen LogP contribution >= 0.6 is 0 Å². The predicted molar refractivity (Wildman–Crippen MR) is 105 cm³/mol. The molecule has 0 aliphatic heterocycles. The maximum absolute atomic E-state index is 13.0. The zero-order valence-electron chi connectivity index (χ0n) is 16.0. The van der Waals surface area contributed by atoms with Crippen LogP contribution in [0.1, 0.15) is 48.5 Å². The lowest BCUT2D eigenvalue weighted by Crippen LogP contribution is -2.50. The molecular weight excluding hydrogens is 358 g/mol. The van der Waals surface area contributed by atoms with Crippen LogP contribution < -0.4 is 10.9 Å². The fraction of sp³-hybridized carbons (Fsp3) is 0.333. The van der Waals surface area contributed by atoms with Gasteiger partial charge in [0.2, 0.25) is 0 Å². The summed E-state index contributed by atoms with van der Waals surface area (Å²) in [7, 11) is 1.26. The fourth-order valence-corrected chi connectivity index (χ4v) is 3.35. The first-order valence-corrected chi connectivity index (χ1v) is 9.18. The van der Waals surface area contributed by atoms with Gasteiger partial charge in [-0.05, 0) is 62.4 Å². The number of methoxy groups -OCH3 is 1. The van der Waals surface area contributed by atoms with Crippen molar-refractivity contribution in [3.05, 3.63) is 58.0 Å². The number of pyridine rings is 1. The van der Waals surface area contributed by atoms with Gasteiger partial charge in [0.05, 0.1) is 23.6 Å². The van der Waals surface area contributed by atoms with Crippen LogP contribution in [0.2, 0.25) is 0 Å². The van der Waals surface area contributed by atoms with E-state index in [4.69, 9.17) is 4.74 Å². The average Bonchev–Trinajstić information content (AvgIpc) is 3.51. The number of carbonyl (C=O) groups is 2. The summed E-state index contributed by atoms with van der Waals surface area (Å²) in [6, 6.07) is 8.92. The number of aromatic nitrogens is 2. The zero-order chi connectivity index (χ0) is 20.1. The number of rotatable bonds is 4. The molecule has 4 rings (SSSR count). The second-order valence-corrected chi connectivity index (χ2v) is 7.65. The third kappa shape index (κ3) is 3.02. The summed E-state index contributed by atoms with van der Waals surface area (Å²) in [6.45, 7) is 3.10. The largest absolute Gasteiger partial charge is 0.467 e. The molecule has 1 saturated carbocycles. The van der Waals surface area contributed by atoms with Gasteiger partial charge in [0.25, 0.3) is 11.5 Å². The molecule has 0 radical (unpaired) electrons. The molecule has 0 spiro atoms. The summed E-state index contributed by atoms with van der Waals surface area (Å²) in [6.07, 6.45) is 3.89. The van der Waals surface area contributed by atoms with Crippen molar-refractivity contribution < 1.29 is 14.3 Å². The second kappa shape index (κ2) is 6.44. The first-order chi connectivity index (χ1) is 13.3. The van der Waals surface area contributed by atoms with Gasteiger partial charge in [-0.15, -0.1) is 0 Å². The first-order valence-electron chi connectivity index (χ1n) is 9.18. The van der Waals surface area contributed by atoms with Gasteiger partial charge in [0.1, 0.15) is 5.54 Å². The van der Waals surface area contributed by atoms with Crippen molar-refractivity contribution in [3.63, 3.8) is 0 Å². The van der Waals surface area contributed by atoms with E-state index in [1.165, 1.54) is 11.5 Å². The number of ether oxygens (including phenoxy) is 1. The molecule has 28 heavy (non-hydrogen) atoms. The predicted octanol–water partition coefficient (Wildman–Crippen LogP) is 2.41. The number of amides is 1. The lowest BCUT2D eigenvalue weighted by atomic mass is 10.1. The molecule has 1 N–H and O–H groups in total. The van der Waals surface area contributed by atoms with Crippen molar-refractivity contribution >= 4 is 28.4 Å². The summed E-state index contributed by atoms with van der Waals surface area (Å²) >= 11 is 0. The number of fused-ring (bicyclic) bond motifs is 2. The summed E-state index contributed by atoms with van der Waals surface area (Å²) in [5, 5.41) is 3.18. The van der Waals surface area contributed by atoms with Crippen molar-refractivity contribution in [1.82, 2.24) is 14.7 Å². The minimum atomic E-state index is -1.21. The molecule has 0 saturated heterocycles. The summed E-state index contributed by atoms with van der Waals surface area (Å²) < 4.78 is 6.10. The smallest absolute Gasteiger partial charge is 0.330 e. The Hall–Kier alpha value is -3.22. The molecule has 2 aromatic heterocycles. The molecule has 1 aliphatic carbocycles. The highest BCUT2D eigenvalue weighted by Gasteiger charge is 2.31. The molecule has 2 heterocycles. The minimum Gasteiger partial charge on any atom is -0.467 e. The van der Waals surface area contributed by atoms with Gasteiger partial charge in [-0.1, -0.05) is 6.07 Å². The fourth-order valence-electron chi connectivity index (χ4n) is 3.35. The van der Waals surface area contributed by atoms with Gasteiger partial charge < -0.3 is 10.1 Å². The number of nitrogens with one attached hydrogen (secondary N) is 1. The second-order valence-electron chi connectivity index (χ2n) is 7.65. The van der Waals surface area contributed by atoms with Crippen molar-refractivity contribution in [3.8, 4) is 0 Å². The zero-order valence-corrected chi connectivity index (χ0v) is 16.0. The van der Waals surface area contributed by atoms with E-state index >= 15 is 0 Å². The topological polar surface area (TPSA) is 89.8 Å². The lowest BCUT2D eigenvalue weighted by Gasteiger charge is -2.23. The van der Waals surface area contributed by atoms with Crippen LogP contribution in [0.15, 0.2) is 41.3 Å². The van der Waals surface area contributed by atoms with Crippen LogP contribution in [0, 0.1) is 0 Å². The number of hydrogen-bond acceptors (Lipinski definition) is 5. The maximum atomic E-state index is 13.0. The highest BCUT2D eigenvalue weighted by Crippen LogP contribution is 2.40. The molecule has 1 aromatic carbocycles. The maximum Gasteiger partial charge on any atom is 0.330 e. The quantitative estimate of drug-likeness (QED) is 0.555. The van der Waals surface area contributed by atoms with Gasteiger partial charge in [0, 0.05) is 6.20 Å². The summed E-state index contributed by atoms with van der Waals surface area (Å²) in [4.78, 5) is 42.3. The van der Waals surface area contributed by atoms with Crippen molar-refractivity contribution in [2.75, 3.05) is 7.11 Å². The van der Waals surface area contributed by atoms with Crippen LogP contribution in [0.3, 0.4) is 0 Å². The van der Waals surface area contributed by atoms with E-state index in [-0.39, 0.29) is 16.8 Å². The Morgan fingerprint density at radius 3 is 2.68 bits per heavy atom. The Morgan fingerprint density at radius 2 is 2.00 bits per heavy atom. The van der Waals surface area contributed by atoms with Crippen molar-refractivity contribution in [2.24, 2.45) is 0 Å². The molecular formula is C21H21N3O4. The summed E-state index contributed by atoms with van der Waals surface area (Å²) in [5.74, 6) is -0.541. The number of hydrogen-bond donors (Lipinski definition) is 1. The molecule has 7 heteroatoms. The monoisotopic (exact) mass is 379 g/mol. The Morgan fingerprint density at radius 1 is 1.25 bits per heavy atom. The van der Waals surface area contributed by atoms with E-state index in [1.807, 2.05) is 18.2 Å². The van der Waals surface area contributed by atoms with Crippen LogP contribution in [-0.2, 0) is 9.53 Å². The van der Waals surface area contributed by atoms with E-state index in [9.17, 15) is 14.4 Å². The molecule has 1 fully saturated rings. The van der Waals surface area contributed by atoms with Crippen LogP contribution in [0.4, 0.5) is 0 Å². The van der Waals surface area contributed by atoms with Gasteiger partial charge in [-0.3, -0.25) is 14.0 Å². The highest BCUT2D eigenvalue weighted by molar-refractivity contribution is 6.02. The number of nitrogens with zero attached hydrogens (tertiary/aromatic N) is 2. The summed E-state index contributed by atoms with van der Waals surface area (Å²) in [5.41, 5.74) is 0.725. The molecule has 1 amide bonds. The molecule has 0 atom stereocenters. The third-order valence-electron chi connectivity index (χ3n) is 5.08. The van der Waals surface area contributed by atoms with Gasteiger partial charge in [0.15, 0.2) is 5.65 Å². The standard InChI is InChI=1S/C21H21N3O4/c1-21(2,20(27)28-3)23-18(25)14-5-4-10-24-17(14)22-16-9-8-13(12-6-7-12)11-15(16)19(24)26/h4-5,8-12H,6-7H2,1-3H3,(H,23,25). The van der Waals surface area contributed by atoms with Crippen molar-refractivity contribution in [1.29, 1.82) is 0 Å². The molecule has 1 aliphatic rings. The van der Waals surface area contributed by atoms with Crippen LogP contribution in [0.25, 0.3) is 16.6 Å². The Kier molecular flexibility index (Phi) is 4.18. The van der Waals surface area contributed by atoms with Crippen LogP contribution in [-0.4, -0.2) is 33.9 Å². The Balaban J connectivity index is 1.83. The molecule has 0 unspecified atom stereocenters. The first kappa shape index (κ1) is 18.2. The average molecular weight is 379 g/mol. The molecule has 3 aromatic rings. The highest BCUT2D eigenvalue weighted by atomic mass is 16.5. The van der Waals surface area contributed by atoms with E-state index < -0.39 is 17.4 Å². The third-order valence-corrected chi connectivity index (χ3v) is 5.08. The minimum absolute atomic E-state index is 0.213. The van der Waals surface area contributed by atoms with E-state index in [0.717, 1.165) is 18.4 Å². The van der Waals surface area contributed by atoms with Gasteiger partial charge in [-0.25, -0.2) is 9.78 Å². The SMILES string of the molecule is COC(=O)C(C)(C)NC(=O)c1cccn2c(=O)c3cc(C4CC4)ccc3nc12. The number of benzene rings is 1. The van der Waals surface area contributed by atoms with Crippen LogP contribution in [0.5, 0.6) is 0 Å². The normalized spacial score (nSPS) is 14.2. The van der Waals surface area contributed by atoms with E-state index in [1.54, 1.807) is 32.2 Å². The number of carbonyl (C=O) groups excluding carboxylic acids is 2.